The highest BCUT2D eigenvalue weighted by Gasteiger charge is 2.03. The predicted octanol–water partition coefficient (Wildman–Crippen LogP) is 1.99. The van der Waals surface area contributed by atoms with Gasteiger partial charge in [-0.05, 0) is 12.1 Å². The topological polar surface area (TPSA) is 42.2 Å². The Balaban J connectivity index is 2.23. The molecule has 0 amide bonds. The average Bonchev–Trinajstić information content (AvgIpc) is 2.56. The zero-order chi connectivity index (χ0) is 10.8. The monoisotopic (exact) mass is 268 g/mol. The van der Waals surface area contributed by atoms with Crippen LogP contribution < -0.4 is 5.32 Å². The Hall–Kier alpha value is -0.940. The van der Waals surface area contributed by atoms with E-state index in [1.54, 1.807) is 4.52 Å². The minimum absolute atomic E-state index is 0.448. The zero-order valence-corrected chi connectivity index (χ0v) is 10.3. The van der Waals surface area contributed by atoms with Crippen LogP contribution in [-0.2, 0) is 6.54 Å². The second-order valence-corrected chi connectivity index (χ2v) is 4.63. The summed E-state index contributed by atoms with van der Waals surface area (Å²) >= 11 is 3.41. The smallest absolute Gasteiger partial charge is 0.165 e. The molecule has 0 bridgehead atoms. The van der Waals surface area contributed by atoms with Crippen molar-refractivity contribution in [3.8, 4) is 0 Å². The third-order valence-corrected chi connectivity index (χ3v) is 2.51. The molecule has 2 aromatic rings. The summed E-state index contributed by atoms with van der Waals surface area (Å²) in [4.78, 5) is 4.40. The van der Waals surface area contributed by atoms with Gasteiger partial charge in [0.05, 0.1) is 6.54 Å². The molecule has 4 nitrogen and oxygen atoms in total. The van der Waals surface area contributed by atoms with Crippen molar-refractivity contribution in [2.75, 3.05) is 0 Å². The first kappa shape index (κ1) is 10.6. The molecule has 0 aliphatic heterocycles. The van der Waals surface area contributed by atoms with Gasteiger partial charge in [-0.15, -0.1) is 5.10 Å². The second-order valence-electron chi connectivity index (χ2n) is 3.71. The molecule has 0 radical (unpaired) electrons. The van der Waals surface area contributed by atoms with E-state index in [1.165, 1.54) is 0 Å². The number of nitrogens with one attached hydrogen (secondary N) is 1. The Labute approximate surface area is 96.8 Å². The number of nitrogens with zero attached hydrogens (tertiary/aromatic N) is 3. The highest BCUT2D eigenvalue weighted by atomic mass is 79.9. The third-order valence-electron chi connectivity index (χ3n) is 2.01. The summed E-state index contributed by atoms with van der Waals surface area (Å²) < 4.78 is 2.80. The Kier molecular flexibility index (Phi) is 3.02. The van der Waals surface area contributed by atoms with Crippen molar-refractivity contribution >= 4 is 21.6 Å². The maximum absolute atomic E-state index is 4.40. The van der Waals surface area contributed by atoms with Crippen molar-refractivity contribution in [2.45, 2.75) is 26.4 Å². The van der Waals surface area contributed by atoms with Crippen LogP contribution >= 0.6 is 15.9 Å². The van der Waals surface area contributed by atoms with Gasteiger partial charge in [0.2, 0.25) is 0 Å². The van der Waals surface area contributed by atoms with Gasteiger partial charge in [-0.25, -0.2) is 9.50 Å². The number of aromatic nitrogens is 3. The van der Waals surface area contributed by atoms with Crippen LogP contribution in [-0.4, -0.2) is 20.6 Å². The molecular formula is C10H13BrN4. The SMILES string of the molecule is CC(C)NCc1nc2cc(Br)ccn2n1. The van der Waals surface area contributed by atoms with Crippen molar-refractivity contribution in [3.63, 3.8) is 0 Å². The van der Waals surface area contributed by atoms with Crippen LogP contribution in [0.15, 0.2) is 22.8 Å². The van der Waals surface area contributed by atoms with Gasteiger partial charge in [-0.2, -0.15) is 0 Å². The Morgan fingerprint density at radius 2 is 2.33 bits per heavy atom. The van der Waals surface area contributed by atoms with Gasteiger partial charge in [0, 0.05) is 16.7 Å². The number of hydrogen-bond donors (Lipinski definition) is 1. The minimum Gasteiger partial charge on any atom is -0.308 e. The maximum atomic E-state index is 4.40. The van der Waals surface area contributed by atoms with Crippen LogP contribution in [0.5, 0.6) is 0 Å². The van der Waals surface area contributed by atoms with E-state index >= 15 is 0 Å². The Morgan fingerprint density at radius 1 is 1.53 bits per heavy atom. The van der Waals surface area contributed by atoms with Gasteiger partial charge in [-0.1, -0.05) is 29.8 Å². The molecule has 0 saturated heterocycles. The van der Waals surface area contributed by atoms with Gasteiger partial charge in [0.25, 0.3) is 0 Å². The van der Waals surface area contributed by atoms with Gasteiger partial charge in [-0.3, -0.25) is 0 Å². The van der Waals surface area contributed by atoms with E-state index in [9.17, 15) is 0 Å². The molecular weight excluding hydrogens is 256 g/mol. The summed E-state index contributed by atoms with van der Waals surface area (Å²) in [7, 11) is 0. The molecule has 0 unspecified atom stereocenters. The van der Waals surface area contributed by atoms with Crippen molar-refractivity contribution in [1.82, 2.24) is 19.9 Å². The van der Waals surface area contributed by atoms with E-state index in [0.717, 1.165) is 15.9 Å². The molecule has 1 N–H and O–H groups in total. The van der Waals surface area contributed by atoms with Crippen LogP contribution in [0.2, 0.25) is 0 Å². The Morgan fingerprint density at radius 3 is 3.07 bits per heavy atom. The fourth-order valence-electron chi connectivity index (χ4n) is 1.27. The third kappa shape index (κ3) is 2.54. The highest BCUT2D eigenvalue weighted by molar-refractivity contribution is 9.10. The molecule has 0 saturated carbocycles. The number of halogens is 1. The van der Waals surface area contributed by atoms with E-state index in [4.69, 9.17) is 0 Å². The van der Waals surface area contributed by atoms with Crippen molar-refractivity contribution in [3.05, 3.63) is 28.6 Å². The predicted molar refractivity (Wildman–Crippen MR) is 62.7 cm³/mol. The lowest BCUT2D eigenvalue weighted by atomic mass is 10.4. The van der Waals surface area contributed by atoms with E-state index in [1.807, 2.05) is 18.3 Å². The van der Waals surface area contributed by atoms with Crippen LogP contribution in [0.4, 0.5) is 0 Å². The summed E-state index contributed by atoms with van der Waals surface area (Å²) in [5.74, 6) is 0.821. The molecule has 0 atom stereocenters. The summed E-state index contributed by atoms with van der Waals surface area (Å²) in [6, 6.07) is 4.34. The van der Waals surface area contributed by atoms with Gasteiger partial charge >= 0.3 is 0 Å². The molecule has 2 rings (SSSR count). The fraction of sp³-hybridized carbons (Fsp3) is 0.400. The lowest BCUT2D eigenvalue weighted by Crippen LogP contribution is -2.22. The largest absolute Gasteiger partial charge is 0.308 e. The van der Waals surface area contributed by atoms with E-state index < -0.39 is 0 Å². The molecule has 0 aliphatic rings. The quantitative estimate of drug-likeness (QED) is 0.926. The first-order chi connectivity index (χ1) is 7.15. The molecule has 2 aromatic heterocycles. The van der Waals surface area contributed by atoms with Crippen LogP contribution in [0, 0.1) is 0 Å². The van der Waals surface area contributed by atoms with Gasteiger partial charge < -0.3 is 5.32 Å². The summed E-state index contributed by atoms with van der Waals surface area (Å²) in [6.45, 7) is 4.91. The number of rotatable bonds is 3. The Bertz CT molecular complexity index is 463. The normalized spacial score (nSPS) is 11.5. The number of fused-ring (bicyclic) bond motifs is 1. The average molecular weight is 269 g/mol. The maximum Gasteiger partial charge on any atom is 0.165 e. The molecule has 80 valence electrons. The van der Waals surface area contributed by atoms with Crippen molar-refractivity contribution < 1.29 is 0 Å². The van der Waals surface area contributed by atoms with Crippen LogP contribution in [0.25, 0.3) is 5.65 Å². The molecule has 0 spiro atoms. The highest BCUT2D eigenvalue weighted by Crippen LogP contribution is 2.11. The van der Waals surface area contributed by atoms with Gasteiger partial charge in [0.15, 0.2) is 11.5 Å². The molecule has 5 heteroatoms. The minimum atomic E-state index is 0.448. The number of hydrogen-bond acceptors (Lipinski definition) is 3. The number of pyridine rings is 1. The van der Waals surface area contributed by atoms with Crippen LogP contribution in [0.1, 0.15) is 19.7 Å². The molecule has 0 aromatic carbocycles. The summed E-state index contributed by atoms with van der Waals surface area (Å²) in [5.41, 5.74) is 0.866. The lowest BCUT2D eigenvalue weighted by Gasteiger charge is -2.03. The molecule has 15 heavy (non-hydrogen) atoms. The standard InChI is InChI=1S/C10H13BrN4/c1-7(2)12-6-9-13-10-5-8(11)3-4-15(10)14-9/h3-5,7,12H,6H2,1-2H3. The zero-order valence-electron chi connectivity index (χ0n) is 8.74. The molecule has 0 aliphatic carbocycles. The molecule has 0 fully saturated rings. The van der Waals surface area contributed by atoms with Crippen molar-refractivity contribution in [1.29, 1.82) is 0 Å². The second kappa shape index (κ2) is 4.28. The van der Waals surface area contributed by atoms with Crippen molar-refractivity contribution in [2.24, 2.45) is 0 Å². The summed E-state index contributed by atoms with van der Waals surface area (Å²) in [5, 5.41) is 7.64. The first-order valence-electron chi connectivity index (χ1n) is 4.89. The fourth-order valence-corrected chi connectivity index (χ4v) is 1.60. The van der Waals surface area contributed by atoms with E-state index in [-0.39, 0.29) is 0 Å². The van der Waals surface area contributed by atoms with Gasteiger partial charge in [0.1, 0.15) is 0 Å². The summed E-state index contributed by atoms with van der Waals surface area (Å²) in [6.07, 6.45) is 1.89. The lowest BCUT2D eigenvalue weighted by molar-refractivity contribution is 0.572. The van der Waals surface area contributed by atoms with E-state index in [2.05, 4.69) is 45.2 Å². The van der Waals surface area contributed by atoms with Crippen LogP contribution in [0.3, 0.4) is 0 Å². The van der Waals surface area contributed by atoms with E-state index in [0.29, 0.717) is 12.6 Å². The first-order valence-corrected chi connectivity index (χ1v) is 5.68. The molecule has 2 heterocycles.